The molecule has 2 rings (SSSR count). The highest BCUT2D eigenvalue weighted by Crippen LogP contribution is 2.29. The summed E-state index contributed by atoms with van der Waals surface area (Å²) in [7, 11) is 1.51. The molecule has 0 bridgehead atoms. The maximum atomic E-state index is 12.5. The van der Waals surface area contributed by atoms with Gasteiger partial charge < -0.3 is 15.2 Å². The van der Waals surface area contributed by atoms with Gasteiger partial charge in [0.25, 0.3) is 5.91 Å². The summed E-state index contributed by atoms with van der Waals surface area (Å²) < 4.78 is 5.16. The van der Waals surface area contributed by atoms with Gasteiger partial charge in [0.2, 0.25) is 0 Å². The zero-order valence-corrected chi connectivity index (χ0v) is 14.0. The first-order chi connectivity index (χ1) is 11.5. The maximum absolute atomic E-state index is 12.5. The Morgan fingerprint density at radius 3 is 2.79 bits per heavy atom. The van der Waals surface area contributed by atoms with Crippen LogP contribution in [0, 0.1) is 5.92 Å². The van der Waals surface area contributed by atoms with Gasteiger partial charge in [-0.05, 0) is 36.5 Å². The van der Waals surface area contributed by atoms with E-state index < -0.39 is 0 Å². The van der Waals surface area contributed by atoms with Crippen molar-refractivity contribution >= 4 is 17.8 Å². The SMILES string of the molecule is COc1cc(O)c2c(c1)/C=C/CCCC(=O)/C=C\[C@@H](C)CNC2=O. The van der Waals surface area contributed by atoms with Crippen LogP contribution in [0.2, 0.25) is 0 Å². The molecule has 0 radical (unpaired) electrons. The molecule has 1 amide bonds. The Hall–Kier alpha value is -2.56. The van der Waals surface area contributed by atoms with Crippen LogP contribution < -0.4 is 10.1 Å². The number of carbonyl (C=O) groups is 2. The number of phenolic OH excluding ortho intramolecular Hbond substituents is 1. The van der Waals surface area contributed by atoms with Crippen LogP contribution in [-0.4, -0.2) is 30.5 Å². The van der Waals surface area contributed by atoms with Gasteiger partial charge in [0, 0.05) is 19.0 Å². The second-order valence-corrected chi connectivity index (χ2v) is 5.92. The lowest BCUT2D eigenvalue weighted by molar-refractivity contribution is -0.114. The van der Waals surface area contributed by atoms with Crippen LogP contribution in [0.1, 0.15) is 42.1 Å². The number of ketones is 1. The van der Waals surface area contributed by atoms with E-state index in [0.29, 0.717) is 30.7 Å². The molecule has 0 spiro atoms. The molecule has 1 aromatic carbocycles. The minimum Gasteiger partial charge on any atom is -0.507 e. The van der Waals surface area contributed by atoms with Crippen molar-refractivity contribution in [2.75, 3.05) is 13.7 Å². The predicted octanol–water partition coefficient (Wildman–Crippen LogP) is 3.09. The molecule has 1 heterocycles. The van der Waals surface area contributed by atoms with E-state index in [1.807, 2.05) is 13.0 Å². The minimum absolute atomic E-state index is 0.0280. The second kappa shape index (κ2) is 8.34. The Morgan fingerprint density at radius 1 is 1.25 bits per heavy atom. The van der Waals surface area contributed by atoms with E-state index in [4.69, 9.17) is 4.74 Å². The lowest BCUT2D eigenvalue weighted by Gasteiger charge is -2.13. The molecule has 5 nitrogen and oxygen atoms in total. The highest BCUT2D eigenvalue weighted by molar-refractivity contribution is 6.00. The molecule has 0 aliphatic carbocycles. The number of hydrogen-bond acceptors (Lipinski definition) is 4. The van der Waals surface area contributed by atoms with Gasteiger partial charge in [0.15, 0.2) is 5.78 Å². The molecule has 1 aliphatic heterocycles. The van der Waals surface area contributed by atoms with Gasteiger partial charge in [-0.3, -0.25) is 9.59 Å². The van der Waals surface area contributed by atoms with E-state index in [0.717, 1.165) is 6.42 Å². The molecule has 0 aromatic heterocycles. The van der Waals surface area contributed by atoms with Gasteiger partial charge >= 0.3 is 0 Å². The summed E-state index contributed by atoms with van der Waals surface area (Å²) in [4.78, 5) is 24.2. The van der Waals surface area contributed by atoms with Crippen molar-refractivity contribution in [1.29, 1.82) is 0 Å². The molecular formula is C19H23NO4. The predicted molar refractivity (Wildman–Crippen MR) is 93.2 cm³/mol. The fourth-order valence-electron chi connectivity index (χ4n) is 2.49. The smallest absolute Gasteiger partial charge is 0.255 e. The molecule has 24 heavy (non-hydrogen) atoms. The lowest BCUT2D eigenvalue weighted by atomic mass is 10.0. The first-order valence-electron chi connectivity index (χ1n) is 8.08. The van der Waals surface area contributed by atoms with Gasteiger partial charge in [0.1, 0.15) is 11.5 Å². The number of fused-ring (bicyclic) bond motifs is 1. The second-order valence-electron chi connectivity index (χ2n) is 5.92. The average molecular weight is 329 g/mol. The summed E-state index contributed by atoms with van der Waals surface area (Å²) in [6.45, 7) is 2.31. The van der Waals surface area contributed by atoms with Gasteiger partial charge in [-0.2, -0.15) is 0 Å². The molecule has 1 aliphatic rings. The maximum Gasteiger partial charge on any atom is 0.255 e. The Balaban J connectivity index is 2.36. The normalized spacial score (nSPS) is 22.0. The molecule has 0 fully saturated rings. The lowest BCUT2D eigenvalue weighted by Crippen LogP contribution is -2.28. The third kappa shape index (κ3) is 4.72. The minimum atomic E-state index is -0.349. The van der Waals surface area contributed by atoms with Crippen molar-refractivity contribution in [3.8, 4) is 11.5 Å². The van der Waals surface area contributed by atoms with Gasteiger partial charge in [-0.1, -0.05) is 25.2 Å². The highest BCUT2D eigenvalue weighted by atomic mass is 16.5. The molecule has 1 aromatic rings. The number of rotatable bonds is 1. The molecule has 5 heteroatoms. The van der Waals surface area contributed by atoms with Crippen molar-refractivity contribution < 1.29 is 19.4 Å². The topological polar surface area (TPSA) is 75.6 Å². The largest absolute Gasteiger partial charge is 0.507 e. The van der Waals surface area contributed by atoms with Crippen LogP contribution in [-0.2, 0) is 4.79 Å². The van der Waals surface area contributed by atoms with E-state index in [9.17, 15) is 14.7 Å². The molecular weight excluding hydrogens is 306 g/mol. The fourth-order valence-corrected chi connectivity index (χ4v) is 2.49. The average Bonchev–Trinajstić information content (AvgIpc) is 2.56. The summed E-state index contributed by atoms with van der Waals surface area (Å²) in [5.74, 6) is 0.144. The van der Waals surface area contributed by atoms with E-state index in [-0.39, 0.29) is 28.9 Å². The van der Waals surface area contributed by atoms with Crippen molar-refractivity contribution in [2.24, 2.45) is 5.92 Å². The molecule has 2 N–H and O–H groups in total. The van der Waals surface area contributed by atoms with Crippen LogP contribution in [0.4, 0.5) is 0 Å². The van der Waals surface area contributed by atoms with Crippen molar-refractivity contribution in [2.45, 2.75) is 26.2 Å². The summed E-state index contributed by atoms with van der Waals surface area (Å²) in [5.41, 5.74) is 0.826. The third-order valence-electron chi connectivity index (χ3n) is 3.87. The van der Waals surface area contributed by atoms with Crippen LogP contribution in [0.3, 0.4) is 0 Å². The number of amides is 1. The van der Waals surface area contributed by atoms with E-state index >= 15 is 0 Å². The van der Waals surface area contributed by atoms with E-state index in [1.165, 1.54) is 13.2 Å². The number of methoxy groups -OCH3 is 1. The van der Waals surface area contributed by atoms with Crippen molar-refractivity contribution in [1.82, 2.24) is 5.32 Å². The number of hydrogen-bond donors (Lipinski definition) is 2. The summed E-state index contributed by atoms with van der Waals surface area (Å²) >= 11 is 0. The molecule has 0 unspecified atom stereocenters. The zero-order valence-electron chi connectivity index (χ0n) is 14.0. The van der Waals surface area contributed by atoms with Gasteiger partial charge in [-0.15, -0.1) is 0 Å². The zero-order chi connectivity index (χ0) is 17.5. The number of nitrogens with one attached hydrogen (secondary N) is 1. The van der Waals surface area contributed by atoms with Crippen molar-refractivity contribution in [3.05, 3.63) is 41.5 Å². The fraction of sp³-hybridized carbons (Fsp3) is 0.368. The van der Waals surface area contributed by atoms with Gasteiger partial charge in [-0.25, -0.2) is 0 Å². The number of aromatic hydroxyl groups is 1. The molecule has 1 atom stereocenters. The van der Waals surface area contributed by atoms with Crippen LogP contribution in [0.15, 0.2) is 30.4 Å². The summed E-state index contributed by atoms with van der Waals surface area (Å²) in [6.07, 6.45) is 9.03. The van der Waals surface area contributed by atoms with Crippen LogP contribution in [0.5, 0.6) is 11.5 Å². The monoisotopic (exact) mass is 329 g/mol. The van der Waals surface area contributed by atoms with Crippen LogP contribution in [0.25, 0.3) is 6.08 Å². The first-order valence-corrected chi connectivity index (χ1v) is 8.08. The number of benzene rings is 1. The Morgan fingerprint density at radius 2 is 2.04 bits per heavy atom. The first kappa shape index (κ1) is 17.8. The quantitative estimate of drug-likeness (QED) is 0.830. The Bertz CT molecular complexity index is 676. The molecule has 0 saturated carbocycles. The van der Waals surface area contributed by atoms with Gasteiger partial charge in [0.05, 0.1) is 12.7 Å². The number of ether oxygens (including phenoxy) is 1. The Kier molecular flexibility index (Phi) is 6.18. The number of allylic oxidation sites excluding steroid dienone is 2. The van der Waals surface area contributed by atoms with E-state index in [2.05, 4.69) is 5.32 Å². The molecule has 128 valence electrons. The number of phenols is 1. The van der Waals surface area contributed by atoms with E-state index in [1.54, 1.807) is 24.3 Å². The summed E-state index contributed by atoms with van der Waals surface area (Å²) in [5, 5.41) is 13.0. The molecule has 0 saturated heterocycles. The highest BCUT2D eigenvalue weighted by Gasteiger charge is 2.17. The number of carbonyl (C=O) groups excluding carboxylic acids is 2. The standard InChI is InChI=1S/C19H23NO4/c1-13-8-9-15(21)7-5-3-4-6-14-10-16(24-2)11-17(22)18(14)19(23)20-12-13/h4,6,8-11,13,22H,3,5,7,12H2,1-2H3,(H,20,23)/b6-4+,9-8-/t13-/m1/s1. The van der Waals surface area contributed by atoms with Crippen molar-refractivity contribution in [3.63, 3.8) is 0 Å². The summed E-state index contributed by atoms with van der Waals surface area (Å²) in [6, 6.07) is 3.14. The van der Waals surface area contributed by atoms with Crippen LogP contribution >= 0.6 is 0 Å². The third-order valence-corrected chi connectivity index (χ3v) is 3.87. The Labute approximate surface area is 142 Å².